The van der Waals surface area contributed by atoms with Crippen LogP contribution in [0.25, 0.3) is 11.3 Å². The molecule has 0 saturated heterocycles. The predicted molar refractivity (Wildman–Crippen MR) is 106 cm³/mol. The summed E-state index contributed by atoms with van der Waals surface area (Å²) in [5.41, 5.74) is 2.37. The van der Waals surface area contributed by atoms with Gasteiger partial charge in [0.05, 0.1) is 17.6 Å². The Kier molecular flexibility index (Phi) is 6.54. The second-order valence-corrected chi connectivity index (χ2v) is 7.56. The number of carbonyl (C=O) groups excluding carboxylic acids is 1. The van der Waals surface area contributed by atoms with E-state index in [0.717, 1.165) is 24.1 Å². The van der Waals surface area contributed by atoms with E-state index < -0.39 is 0 Å². The summed E-state index contributed by atoms with van der Waals surface area (Å²) in [6, 6.07) is 6.27. The van der Waals surface area contributed by atoms with Crippen molar-refractivity contribution in [3.05, 3.63) is 42.0 Å². The van der Waals surface area contributed by atoms with E-state index in [-0.39, 0.29) is 17.6 Å². The molecule has 144 valence electrons. The molecule has 0 spiro atoms. The molecule has 1 amide bonds. The Labute approximate surface area is 160 Å². The molecule has 0 bridgehead atoms. The molecule has 1 aromatic carbocycles. The maximum atomic E-state index is 13.2. The van der Waals surface area contributed by atoms with Gasteiger partial charge in [-0.3, -0.25) is 4.79 Å². The van der Waals surface area contributed by atoms with Crippen molar-refractivity contribution in [1.29, 1.82) is 0 Å². The number of amides is 1. The number of hydrogen-bond acceptors (Lipinski definition) is 3. The number of hydrogen-bond donors (Lipinski definition) is 1. The van der Waals surface area contributed by atoms with Gasteiger partial charge < -0.3 is 5.32 Å². The highest BCUT2D eigenvalue weighted by atomic mass is 19.1. The van der Waals surface area contributed by atoms with Crippen LogP contribution in [-0.2, 0) is 11.2 Å². The Morgan fingerprint density at radius 2 is 1.93 bits per heavy atom. The lowest BCUT2D eigenvalue weighted by Gasteiger charge is -2.22. The standard InChI is InChI=1S/C22H28FN3O/c1-3-15(2)22(27)26-21-19(13-16-7-5-4-6-8-16)25-20(14-24-21)17-9-11-18(23)12-10-17/h9-12,14-16H,3-8,13H2,1-2H3,(H,24,26,27). The van der Waals surface area contributed by atoms with E-state index in [1.54, 1.807) is 18.3 Å². The topological polar surface area (TPSA) is 54.9 Å². The first kappa shape index (κ1) is 19.5. The fourth-order valence-corrected chi connectivity index (χ4v) is 3.52. The highest BCUT2D eigenvalue weighted by molar-refractivity contribution is 5.91. The molecule has 2 aromatic rings. The molecule has 1 aromatic heterocycles. The first-order valence-corrected chi connectivity index (χ1v) is 9.99. The number of aromatic nitrogens is 2. The second-order valence-electron chi connectivity index (χ2n) is 7.56. The third-order valence-corrected chi connectivity index (χ3v) is 5.49. The summed E-state index contributed by atoms with van der Waals surface area (Å²) in [5, 5.41) is 2.97. The van der Waals surface area contributed by atoms with Crippen molar-refractivity contribution in [3.63, 3.8) is 0 Å². The summed E-state index contributed by atoms with van der Waals surface area (Å²) >= 11 is 0. The summed E-state index contributed by atoms with van der Waals surface area (Å²) in [5.74, 6) is 0.788. The number of nitrogens with one attached hydrogen (secondary N) is 1. The number of anilines is 1. The first-order valence-electron chi connectivity index (χ1n) is 9.99. The number of rotatable bonds is 6. The molecule has 0 radical (unpaired) electrons. The van der Waals surface area contributed by atoms with Crippen molar-refractivity contribution in [2.24, 2.45) is 11.8 Å². The van der Waals surface area contributed by atoms with Gasteiger partial charge in [-0.25, -0.2) is 14.4 Å². The number of carbonyl (C=O) groups is 1. The second kappa shape index (κ2) is 9.07. The Morgan fingerprint density at radius 3 is 2.59 bits per heavy atom. The molecule has 4 nitrogen and oxygen atoms in total. The van der Waals surface area contributed by atoms with Crippen LogP contribution in [0.3, 0.4) is 0 Å². The first-order chi connectivity index (χ1) is 13.1. The van der Waals surface area contributed by atoms with Gasteiger partial charge in [-0.1, -0.05) is 46.0 Å². The Morgan fingerprint density at radius 1 is 1.22 bits per heavy atom. The van der Waals surface area contributed by atoms with Crippen molar-refractivity contribution in [1.82, 2.24) is 9.97 Å². The lowest BCUT2D eigenvalue weighted by Crippen LogP contribution is -2.22. The average Bonchev–Trinajstić information content (AvgIpc) is 2.70. The van der Waals surface area contributed by atoms with Crippen LogP contribution in [0.15, 0.2) is 30.5 Å². The molecule has 1 aliphatic carbocycles. The lowest BCUT2D eigenvalue weighted by molar-refractivity contribution is -0.119. The molecular weight excluding hydrogens is 341 g/mol. The Hall–Kier alpha value is -2.30. The highest BCUT2D eigenvalue weighted by Crippen LogP contribution is 2.29. The van der Waals surface area contributed by atoms with Gasteiger partial charge >= 0.3 is 0 Å². The summed E-state index contributed by atoms with van der Waals surface area (Å²) in [6.45, 7) is 3.91. The predicted octanol–water partition coefficient (Wildman–Crippen LogP) is 5.39. The monoisotopic (exact) mass is 369 g/mol. The van der Waals surface area contributed by atoms with E-state index in [9.17, 15) is 9.18 Å². The molecule has 1 atom stereocenters. The molecule has 1 aliphatic rings. The molecule has 1 saturated carbocycles. The molecule has 1 N–H and O–H groups in total. The fourth-order valence-electron chi connectivity index (χ4n) is 3.52. The quantitative estimate of drug-likeness (QED) is 0.743. The number of halogens is 1. The highest BCUT2D eigenvalue weighted by Gasteiger charge is 2.20. The van der Waals surface area contributed by atoms with Crippen LogP contribution in [0.1, 0.15) is 58.1 Å². The zero-order valence-corrected chi connectivity index (χ0v) is 16.2. The summed E-state index contributed by atoms with van der Waals surface area (Å²) in [6.07, 6.45) is 9.46. The van der Waals surface area contributed by atoms with Crippen molar-refractivity contribution < 1.29 is 9.18 Å². The van der Waals surface area contributed by atoms with Gasteiger partial charge in [0.1, 0.15) is 5.82 Å². The maximum Gasteiger partial charge on any atom is 0.228 e. The van der Waals surface area contributed by atoms with Crippen molar-refractivity contribution >= 4 is 11.7 Å². The minimum Gasteiger partial charge on any atom is -0.309 e. The number of benzene rings is 1. The van der Waals surface area contributed by atoms with Crippen molar-refractivity contribution in [3.8, 4) is 11.3 Å². The van der Waals surface area contributed by atoms with Gasteiger partial charge in [0.2, 0.25) is 5.91 Å². The molecular formula is C22H28FN3O. The van der Waals surface area contributed by atoms with Crippen LogP contribution in [0, 0.1) is 17.7 Å². The van der Waals surface area contributed by atoms with Gasteiger partial charge in [0.25, 0.3) is 0 Å². The zero-order chi connectivity index (χ0) is 19.2. The smallest absolute Gasteiger partial charge is 0.228 e. The third kappa shape index (κ3) is 5.12. The van der Waals surface area contributed by atoms with E-state index >= 15 is 0 Å². The maximum absolute atomic E-state index is 13.2. The van der Waals surface area contributed by atoms with E-state index in [4.69, 9.17) is 4.98 Å². The molecule has 1 unspecified atom stereocenters. The van der Waals surface area contributed by atoms with Crippen molar-refractivity contribution in [2.45, 2.75) is 58.8 Å². The van der Waals surface area contributed by atoms with Crippen LogP contribution in [0.2, 0.25) is 0 Å². The van der Waals surface area contributed by atoms with Gasteiger partial charge in [0.15, 0.2) is 5.82 Å². The van der Waals surface area contributed by atoms with E-state index in [1.807, 2.05) is 13.8 Å². The van der Waals surface area contributed by atoms with Crippen LogP contribution in [0.5, 0.6) is 0 Å². The number of nitrogens with zero attached hydrogens (tertiary/aromatic N) is 2. The molecule has 27 heavy (non-hydrogen) atoms. The van der Waals surface area contributed by atoms with Gasteiger partial charge in [-0.2, -0.15) is 0 Å². The molecule has 1 fully saturated rings. The SMILES string of the molecule is CCC(C)C(=O)Nc1ncc(-c2ccc(F)cc2)nc1CC1CCCCC1. The molecule has 0 aliphatic heterocycles. The van der Waals surface area contributed by atoms with Gasteiger partial charge in [-0.05, 0) is 43.0 Å². The zero-order valence-electron chi connectivity index (χ0n) is 16.2. The minimum atomic E-state index is -0.272. The fraction of sp³-hybridized carbons (Fsp3) is 0.500. The largest absolute Gasteiger partial charge is 0.309 e. The van der Waals surface area contributed by atoms with E-state index in [1.165, 1.54) is 44.2 Å². The van der Waals surface area contributed by atoms with Crippen LogP contribution in [0.4, 0.5) is 10.2 Å². The summed E-state index contributed by atoms with van der Waals surface area (Å²) in [4.78, 5) is 21.7. The summed E-state index contributed by atoms with van der Waals surface area (Å²) in [7, 11) is 0. The summed E-state index contributed by atoms with van der Waals surface area (Å²) < 4.78 is 13.2. The molecule has 3 rings (SSSR count). The van der Waals surface area contributed by atoms with E-state index in [0.29, 0.717) is 17.4 Å². The molecule has 1 heterocycles. The average molecular weight is 369 g/mol. The van der Waals surface area contributed by atoms with Crippen LogP contribution >= 0.6 is 0 Å². The normalized spacial score (nSPS) is 16.1. The lowest BCUT2D eigenvalue weighted by atomic mass is 9.86. The van der Waals surface area contributed by atoms with Gasteiger partial charge in [0, 0.05) is 11.5 Å². The van der Waals surface area contributed by atoms with Gasteiger partial charge in [-0.15, -0.1) is 0 Å². The van der Waals surface area contributed by atoms with Crippen molar-refractivity contribution in [2.75, 3.05) is 5.32 Å². The Balaban J connectivity index is 1.88. The van der Waals surface area contributed by atoms with Crippen LogP contribution < -0.4 is 5.32 Å². The third-order valence-electron chi connectivity index (χ3n) is 5.49. The van der Waals surface area contributed by atoms with Crippen LogP contribution in [-0.4, -0.2) is 15.9 Å². The van der Waals surface area contributed by atoms with E-state index in [2.05, 4.69) is 10.3 Å². The minimum absolute atomic E-state index is 0.0220. The Bertz CT molecular complexity index is 770. The molecule has 5 heteroatoms.